The Labute approximate surface area is 199 Å². The molecule has 1 fully saturated rings. The summed E-state index contributed by atoms with van der Waals surface area (Å²) in [5.41, 5.74) is 1.88. The average molecular weight is 461 g/mol. The van der Waals surface area contributed by atoms with Crippen molar-refractivity contribution < 1.29 is 28.6 Å². The number of carbonyl (C=O) groups excluding carboxylic acids is 3. The standard InChI is InChI=1S/C28H28O6/c1-3-26(29)32-24-15-11-21(12-16-24)9-10-22-13-17-25(18-14-22)34-28(31)20(2)19-27(30)33-23-7-5-4-6-8-23/h3,9-18,23H,1-2,4-8,19H2/b10-9+. The molecule has 2 aromatic rings. The third kappa shape index (κ3) is 7.89. The van der Waals surface area contributed by atoms with Crippen LogP contribution in [0.15, 0.2) is 73.3 Å². The monoisotopic (exact) mass is 460 g/mol. The molecule has 0 unspecified atom stereocenters. The summed E-state index contributed by atoms with van der Waals surface area (Å²) in [4.78, 5) is 35.6. The van der Waals surface area contributed by atoms with Crippen LogP contribution in [0.3, 0.4) is 0 Å². The Balaban J connectivity index is 1.47. The molecule has 0 radical (unpaired) electrons. The van der Waals surface area contributed by atoms with Crippen molar-refractivity contribution in [2.45, 2.75) is 44.6 Å². The molecule has 1 saturated carbocycles. The van der Waals surface area contributed by atoms with Gasteiger partial charge in [0.25, 0.3) is 0 Å². The molecule has 0 amide bonds. The molecule has 0 N–H and O–H groups in total. The Hall–Kier alpha value is -3.93. The van der Waals surface area contributed by atoms with Crippen molar-refractivity contribution in [3.05, 3.63) is 84.5 Å². The summed E-state index contributed by atoms with van der Waals surface area (Å²) in [6, 6.07) is 14.0. The number of esters is 3. The minimum absolute atomic E-state index is 0.0570. The lowest BCUT2D eigenvalue weighted by molar-refractivity contribution is -0.150. The van der Waals surface area contributed by atoms with E-state index >= 15 is 0 Å². The van der Waals surface area contributed by atoms with E-state index in [-0.39, 0.29) is 18.1 Å². The van der Waals surface area contributed by atoms with Crippen molar-refractivity contribution >= 4 is 30.1 Å². The molecule has 0 aromatic heterocycles. The fourth-order valence-electron chi connectivity index (χ4n) is 3.48. The van der Waals surface area contributed by atoms with Gasteiger partial charge in [-0.2, -0.15) is 0 Å². The van der Waals surface area contributed by atoms with Gasteiger partial charge >= 0.3 is 17.9 Å². The van der Waals surface area contributed by atoms with E-state index in [0.29, 0.717) is 11.5 Å². The highest BCUT2D eigenvalue weighted by Crippen LogP contribution is 2.22. The van der Waals surface area contributed by atoms with Gasteiger partial charge in [0.2, 0.25) is 0 Å². The normalized spacial score (nSPS) is 13.8. The first-order valence-corrected chi connectivity index (χ1v) is 11.2. The van der Waals surface area contributed by atoms with Crippen LogP contribution in [-0.2, 0) is 19.1 Å². The maximum atomic E-state index is 12.3. The van der Waals surface area contributed by atoms with Crippen molar-refractivity contribution in [1.29, 1.82) is 0 Å². The fourth-order valence-corrected chi connectivity index (χ4v) is 3.48. The lowest BCUT2D eigenvalue weighted by Gasteiger charge is -2.21. The smallest absolute Gasteiger partial charge is 0.339 e. The molecule has 0 aliphatic heterocycles. The highest BCUT2D eigenvalue weighted by Gasteiger charge is 2.20. The van der Waals surface area contributed by atoms with Crippen molar-refractivity contribution in [3.8, 4) is 11.5 Å². The largest absolute Gasteiger partial charge is 0.462 e. The maximum Gasteiger partial charge on any atom is 0.339 e. The molecular weight excluding hydrogens is 432 g/mol. The molecule has 6 heteroatoms. The molecule has 0 saturated heterocycles. The molecule has 176 valence electrons. The third-order valence-corrected chi connectivity index (χ3v) is 5.32. The number of hydrogen-bond acceptors (Lipinski definition) is 6. The van der Waals surface area contributed by atoms with Gasteiger partial charge < -0.3 is 14.2 Å². The molecule has 1 aliphatic rings. The van der Waals surface area contributed by atoms with Gasteiger partial charge in [-0.25, -0.2) is 9.59 Å². The quantitative estimate of drug-likeness (QED) is 0.207. The SMILES string of the molecule is C=CC(=O)Oc1ccc(/C=C/c2ccc(OC(=O)C(=C)CC(=O)OC3CCCCC3)cc2)cc1. The van der Waals surface area contributed by atoms with Crippen LogP contribution in [0.5, 0.6) is 11.5 Å². The second kappa shape index (κ2) is 12.3. The Morgan fingerprint density at radius 1 is 0.824 bits per heavy atom. The number of carbonyl (C=O) groups is 3. The minimum Gasteiger partial charge on any atom is -0.462 e. The summed E-state index contributed by atoms with van der Waals surface area (Å²) in [5, 5.41) is 0. The molecule has 6 nitrogen and oxygen atoms in total. The van der Waals surface area contributed by atoms with Crippen LogP contribution in [0.2, 0.25) is 0 Å². The van der Waals surface area contributed by atoms with Crippen LogP contribution in [0, 0.1) is 0 Å². The van der Waals surface area contributed by atoms with Gasteiger partial charge in [-0.3, -0.25) is 4.79 Å². The molecule has 0 atom stereocenters. The predicted molar refractivity (Wildman–Crippen MR) is 130 cm³/mol. The zero-order chi connectivity index (χ0) is 24.3. The van der Waals surface area contributed by atoms with E-state index in [0.717, 1.165) is 42.9 Å². The van der Waals surface area contributed by atoms with E-state index in [2.05, 4.69) is 13.2 Å². The lowest BCUT2D eigenvalue weighted by atomic mass is 9.98. The number of ether oxygens (including phenoxy) is 3. The highest BCUT2D eigenvalue weighted by atomic mass is 16.5. The van der Waals surface area contributed by atoms with E-state index in [1.165, 1.54) is 6.42 Å². The van der Waals surface area contributed by atoms with Crippen LogP contribution in [0.4, 0.5) is 0 Å². The molecule has 0 bridgehead atoms. The van der Waals surface area contributed by atoms with Gasteiger partial charge in [0.15, 0.2) is 0 Å². The van der Waals surface area contributed by atoms with Crippen molar-refractivity contribution in [3.63, 3.8) is 0 Å². The topological polar surface area (TPSA) is 78.9 Å². The summed E-state index contributed by atoms with van der Waals surface area (Å²) in [6.45, 7) is 7.03. The zero-order valence-corrected chi connectivity index (χ0v) is 19.0. The van der Waals surface area contributed by atoms with Crippen molar-refractivity contribution in [2.75, 3.05) is 0 Å². The van der Waals surface area contributed by atoms with Gasteiger partial charge in [0.05, 0.1) is 6.42 Å². The van der Waals surface area contributed by atoms with Gasteiger partial charge in [0, 0.05) is 11.6 Å². The van der Waals surface area contributed by atoms with Crippen molar-refractivity contribution in [2.24, 2.45) is 0 Å². The van der Waals surface area contributed by atoms with E-state index in [1.807, 2.05) is 24.3 Å². The fraction of sp³-hybridized carbons (Fsp3) is 0.250. The van der Waals surface area contributed by atoms with Crippen LogP contribution in [0.25, 0.3) is 12.2 Å². The van der Waals surface area contributed by atoms with Gasteiger partial charge in [-0.15, -0.1) is 0 Å². The number of hydrogen-bond donors (Lipinski definition) is 0. The van der Waals surface area contributed by atoms with E-state index in [9.17, 15) is 14.4 Å². The first-order chi connectivity index (χ1) is 16.4. The Morgan fingerprint density at radius 2 is 1.35 bits per heavy atom. The summed E-state index contributed by atoms with van der Waals surface area (Å²) >= 11 is 0. The highest BCUT2D eigenvalue weighted by molar-refractivity contribution is 5.94. The molecular formula is C28H28O6. The first kappa shape index (κ1) is 24.7. The summed E-state index contributed by atoms with van der Waals surface area (Å²) in [6.07, 6.45) is 9.72. The number of rotatable bonds is 9. The van der Waals surface area contributed by atoms with Crippen LogP contribution >= 0.6 is 0 Å². The maximum absolute atomic E-state index is 12.3. The van der Waals surface area contributed by atoms with Crippen LogP contribution in [-0.4, -0.2) is 24.0 Å². The molecule has 2 aromatic carbocycles. The second-order valence-electron chi connectivity index (χ2n) is 8.02. The minimum atomic E-state index is -0.652. The van der Waals surface area contributed by atoms with Crippen molar-refractivity contribution in [1.82, 2.24) is 0 Å². The first-order valence-electron chi connectivity index (χ1n) is 11.2. The molecule has 0 spiro atoms. The molecule has 1 aliphatic carbocycles. The predicted octanol–water partition coefficient (Wildman–Crippen LogP) is 5.68. The van der Waals surface area contributed by atoms with Gasteiger partial charge in [-0.05, 0) is 61.1 Å². The van der Waals surface area contributed by atoms with Gasteiger partial charge in [0.1, 0.15) is 17.6 Å². The van der Waals surface area contributed by atoms with Crippen LogP contribution < -0.4 is 9.47 Å². The summed E-state index contributed by atoms with van der Waals surface area (Å²) in [5.74, 6) is -0.802. The Kier molecular flexibility index (Phi) is 8.97. The Morgan fingerprint density at radius 3 is 1.88 bits per heavy atom. The third-order valence-electron chi connectivity index (χ3n) is 5.32. The second-order valence-corrected chi connectivity index (χ2v) is 8.02. The summed E-state index contributed by atoms with van der Waals surface area (Å²) in [7, 11) is 0. The zero-order valence-electron chi connectivity index (χ0n) is 19.0. The Bertz CT molecular complexity index is 1060. The van der Waals surface area contributed by atoms with Gasteiger partial charge in [-0.1, -0.05) is 56.0 Å². The molecule has 3 rings (SSSR count). The van der Waals surface area contributed by atoms with Crippen LogP contribution in [0.1, 0.15) is 49.7 Å². The summed E-state index contributed by atoms with van der Waals surface area (Å²) < 4.78 is 15.8. The molecule has 0 heterocycles. The molecule has 34 heavy (non-hydrogen) atoms. The van der Waals surface area contributed by atoms with E-state index in [1.54, 1.807) is 36.4 Å². The van der Waals surface area contributed by atoms with E-state index < -0.39 is 17.9 Å². The lowest BCUT2D eigenvalue weighted by Crippen LogP contribution is -2.22. The average Bonchev–Trinajstić information content (AvgIpc) is 2.85. The number of benzene rings is 2. The van der Waals surface area contributed by atoms with E-state index in [4.69, 9.17) is 14.2 Å².